The van der Waals surface area contributed by atoms with Crippen molar-refractivity contribution in [1.82, 2.24) is 5.32 Å². The molecule has 26 heavy (non-hydrogen) atoms. The summed E-state index contributed by atoms with van der Waals surface area (Å²) >= 11 is 0. The van der Waals surface area contributed by atoms with Crippen molar-refractivity contribution in [2.75, 3.05) is 4.72 Å². The fraction of sp³-hybridized carbons (Fsp3) is 0.0526. The summed E-state index contributed by atoms with van der Waals surface area (Å²) in [5.41, 5.74) is 1.77. The summed E-state index contributed by atoms with van der Waals surface area (Å²) in [6.45, 7) is 1.80. The van der Waals surface area contributed by atoms with Gasteiger partial charge in [0, 0.05) is 16.5 Å². The third-order valence-corrected chi connectivity index (χ3v) is 5.71. The largest absolute Gasteiger partial charge is 0.288 e. The van der Waals surface area contributed by atoms with Gasteiger partial charge in [0.1, 0.15) is 0 Å². The van der Waals surface area contributed by atoms with E-state index in [9.17, 15) is 18.0 Å². The van der Waals surface area contributed by atoms with Gasteiger partial charge in [0.25, 0.3) is 21.8 Å². The number of sulfonamides is 1. The minimum atomic E-state index is -3.90. The van der Waals surface area contributed by atoms with Crippen LogP contribution in [0.3, 0.4) is 0 Å². The second kappa shape index (κ2) is 5.67. The highest BCUT2D eigenvalue weighted by Crippen LogP contribution is 2.30. The van der Waals surface area contributed by atoms with E-state index in [0.29, 0.717) is 22.0 Å². The number of para-hydroxylation sites is 1. The number of imide groups is 1. The summed E-state index contributed by atoms with van der Waals surface area (Å²) in [5.74, 6) is -1.09. The van der Waals surface area contributed by atoms with Crippen molar-refractivity contribution >= 4 is 38.3 Å². The van der Waals surface area contributed by atoms with E-state index in [0.717, 1.165) is 5.56 Å². The van der Waals surface area contributed by atoms with Gasteiger partial charge in [-0.05, 0) is 42.1 Å². The van der Waals surface area contributed by atoms with Crippen LogP contribution in [0, 0.1) is 6.92 Å². The maximum atomic E-state index is 12.8. The number of rotatable bonds is 3. The monoisotopic (exact) mass is 366 g/mol. The van der Waals surface area contributed by atoms with Gasteiger partial charge in [0.2, 0.25) is 0 Å². The van der Waals surface area contributed by atoms with Gasteiger partial charge < -0.3 is 0 Å². The summed E-state index contributed by atoms with van der Waals surface area (Å²) in [7, 11) is -3.90. The first-order valence-electron chi connectivity index (χ1n) is 7.88. The summed E-state index contributed by atoms with van der Waals surface area (Å²) in [6, 6.07) is 14.7. The summed E-state index contributed by atoms with van der Waals surface area (Å²) in [4.78, 5) is 24.2. The second-order valence-corrected chi connectivity index (χ2v) is 7.76. The first-order valence-corrected chi connectivity index (χ1v) is 9.36. The van der Waals surface area contributed by atoms with Crippen molar-refractivity contribution in [3.05, 3.63) is 71.3 Å². The number of hydrogen-bond acceptors (Lipinski definition) is 4. The van der Waals surface area contributed by atoms with Crippen LogP contribution in [0.1, 0.15) is 26.3 Å². The molecule has 1 heterocycles. The van der Waals surface area contributed by atoms with Gasteiger partial charge in [0.05, 0.1) is 10.6 Å². The van der Waals surface area contributed by atoms with E-state index in [1.54, 1.807) is 43.3 Å². The fourth-order valence-electron chi connectivity index (χ4n) is 3.05. The fourth-order valence-corrected chi connectivity index (χ4v) is 4.24. The zero-order chi connectivity index (χ0) is 18.5. The molecule has 1 aliphatic rings. The van der Waals surface area contributed by atoms with E-state index in [4.69, 9.17) is 0 Å². The molecule has 0 unspecified atom stereocenters. The van der Waals surface area contributed by atoms with E-state index in [-0.39, 0.29) is 10.5 Å². The van der Waals surface area contributed by atoms with Gasteiger partial charge in [0.15, 0.2) is 0 Å². The molecule has 0 aromatic heterocycles. The predicted molar refractivity (Wildman–Crippen MR) is 97.7 cm³/mol. The normalized spacial score (nSPS) is 13.6. The van der Waals surface area contributed by atoms with Gasteiger partial charge in [-0.1, -0.05) is 30.3 Å². The van der Waals surface area contributed by atoms with Crippen LogP contribution in [0.2, 0.25) is 0 Å². The molecule has 0 radical (unpaired) electrons. The first kappa shape index (κ1) is 16.3. The molecule has 7 heteroatoms. The molecule has 0 aliphatic carbocycles. The van der Waals surface area contributed by atoms with Gasteiger partial charge >= 0.3 is 0 Å². The lowest BCUT2D eigenvalue weighted by molar-refractivity contribution is 0.0845. The molecule has 3 aromatic carbocycles. The van der Waals surface area contributed by atoms with E-state index in [1.807, 2.05) is 6.07 Å². The molecule has 4 rings (SSSR count). The number of carbonyl (C=O) groups is 2. The lowest BCUT2D eigenvalue weighted by atomic mass is 9.95. The standard InChI is InChI=1S/C19H14N2O4S/c1-11-5-2-3-8-16(11)21-26(24,25)13-9-12-6-4-7-14-17(12)15(10-13)19(23)20-18(14)22/h2-10,21H,1H3,(H,20,22,23). The third kappa shape index (κ3) is 2.53. The average molecular weight is 366 g/mol. The Bertz CT molecular complexity index is 1200. The number of carbonyl (C=O) groups excluding carboxylic acids is 2. The van der Waals surface area contributed by atoms with Crippen LogP contribution in [0.25, 0.3) is 10.8 Å². The molecule has 0 bridgehead atoms. The Morgan fingerprint density at radius 2 is 1.62 bits per heavy atom. The zero-order valence-electron chi connectivity index (χ0n) is 13.7. The van der Waals surface area contributed by atoms with Gasteiger partial charge in [-0.25, -0.2) is 8.42 Å². The average Bonchev–Trinajstić information content (AvgIpc) is 2.61. The highest BCUT2D eigenvalue weighted by molar-refractivity contribution is 7.92. The molecule has 3 aromatic rings. The van der Waals surface area contributed by atoms with Crippen LogP contribution in [-0.2, 0) is 10.0 Å². The van der Waals surface area contributed by atoms with Crippen LogP contribution < -0.4 is 10.0 Å². The van der Waals surface area contributed by atoms with Crippen LogP contribution in [0.4, 0.5) is 5.69 Å². The molecule has 0 spiro atoms. The van der Waals surface area contributed by atoms with Crippen molar-refractivity contribution in [3.63, 3.8) is 0 Å². The SMILES string of the molecule is Cc1ccccc1NS(=O)(=O)c1cc2c3c(cccc3c1)C(=O)NC2=O. The first-order chi connectivity index (χ1) is 12.4. The molecule has 2 N–H and O–H groups in total. The highest BCUT2D eigenvalue weighted by Gasteiger charge is 2.27. The van der Waals surface area contributed by atoms with Crippen molar-refractivity contribution in [3.8, 4) is 0 Å². The van der Waals surface area contributed by atoms with Gasteiger partial charge in [-0.2, -0.15) is 0 Å². The molecule has 0 saturated heterocycles. The summed E-state index contributed by atoms with van der Waals surface area (Å²) in [5, 5.41) is 3.23. The zero-order valence-corrected chi connectivity index (χ0v) is 14.6. The number of benzene rings is 3. The van der Waals surface area contributed by atoms with Crippen LogP contribution in [-0.4, -0.2) is 20.2 Å². The molecular formula is C19H14N2O4S. The minimum Gasteiger partial charge on any atom is -0.288 e. The lowest BCUT2D eigenvalue weighted by Crippen LogP contribution is -2.34. The molecule has 1 aliphatic heterocycles. The molecule has 0 fully saturated rings. The third-order valence-electron chi connectivity index (χ3n) is 4.37. The second-order valence-electron chi connectivity index (χ2n) is 6.08. The quantitative estimate of drug-likeness (QED) is 0.697. The molecule has 130 valence electrons. The van der Waals surface area contributed by atoms with Crippen LogP contribution >= 0.6 is 0 Å². The van der Waals surface area contributed by atoms with Crippen molar-refractivity contribution in [2.45, 2.75) is 11.8 Å². The number of anilines is 1. The molecule has 0 atom stereocenters. The van der Waals surface area contributed by atoms with E-state index >= 15 is 0 Å². The number of hydrogen-bond donors (Lipinski definition) is 2. The van der Waals surface area contributed by atoms with Crippen molar-refractivity contribution in [1.29, 1.82) is 0 Å². The van der Waals surface area contributed by atoms with E-state index in [1.165, 1.54) is 12.1 Å². The Labute approximate surface area is 149 Å². The van der Waals surface area contributed by atoms with E-state index < -0.39 is 21.8 Å². The maximum absolute atomic E-state index is 12.8. The molecule has 6 nitrogen and oxygen atoms in total. The maximum Gasteiger partial charge on any atom is 0.261 e. The Morgan fingerprint density at radius 3 is 2.38 bits per heavy atom. The Kier molecular flexibility index (Phi) is 3.55. The van der Waals surface area contributed by atoms with Crippen LogP contribution in [0.15, 0.2) is 59.5 Å². The van der Waals surface area contributed by atoms with Crippen LogP contribution in [0.5, 0.6) is 0 Å². The number of amides is 2. The summed E-state index contributed by atoms with van der Waals surface area (Å²) in [6.07, 6.45) is 0. The van der Waals surface area contributed by atoms with Crippen molar-refractivity contribution in [2.24, 2.45) is 0 Å². The van der Waals surface area contributed by atoms with E-state index in [2.05, 4.69) is 10.0 Å². The predicted octanol–water partition coefficient (Wildman–Crippen LogP) is 2.83. The molecule has 2 amide bonds. The summed E-state index contributed by atoms with van der Waals surface area (Å²) < 4.78 is 28.2. The van der Waals surface area contributed by atoms with Crippen molar-refractivity contribution < 1.29 is 18.0 Å². The Hall–Kier alpha value is -3.19. The highest BCUT2D eigenvalue weighted by atomic mass is 32.2. The van der Waals surface area contributed by atoms with Gasteiger partial charge in [-0.3, -0.25) is 19.6 Å². The topological polar surface area (TPSA) is 92.3 Å². The smallest absolute Gasteiger partial charge is 0.261 e. The molecular weight excluding hydrogens is 352 g/mol. The minimum absolute atomic E-state index is 0.0371. The Balaban J connectivity index is 1.90. The number of nitrogens with one attached hydrogen (secondary N) is 2. The Morgan fingerprint density at radius 1 is 0.885 bits per heavy atom. The van der Waals surface area contributed by atoms with Gasteiger partial charge in [-0.15, -0.1) is 0 Å². The molecule has 0 saturated carbocycles. The number of aryl methyl sites for hydroxylation is 1. The lowest BCUT2D eigenvalue weighted by Gasteiger charge is -2.18.